The molecular weight excluding hydrogens is 380 g/mol. The fraction of sp³-hybridized carbons (Fsp3) is 0.931. The van der Waals surface area contributed by atoms with Crippen molar-refractivity contribution in [2.24, 2.45) is 46.3 Å². The average molecular weight is 429 g/mol. The molecule has 10 atom stereocenters. The summed E-state index contributed by atoms with van der Waals surface area (Å²) in [6.45, 7) is 15.0. The Morgan fingerprint density at radius 1 is 1.10 bits per heavy atom. The molecule has 1 aliphatic heterocycles. The number of methoxy groups -OCH3 is 1. The maximum absolute atomic E-state index is 6.86. The van der Waals surface area contributed by atoms with Gasteiger partial charge in [-0.15, -0.1) is 0 Å². The molecule has 1 heterocycles. The van der Waals surface area contributed by atoms with E-state index in [0.29, 0.717) is 23.0 Å². The summed E-state index contributed by atoms with van der Waals surface area (Å²) in [5.74, 6) is 4.86. The van der Waals surface area contributed by atoms with E-state index in [1.165, 1.54) is 57.8 Å². The Bertz CT molecular complexity index is 726. The van der Waals surface area contributed by atoms with Gasteiger partial charge in [-0.1, -0.05) is 60.5 Å². The van der Waals surface area contributed by atoms with E-state index >= 15 is 0 Å². The van der Waals surface area contributed by atoms with Gasteiger partial charge < -0.3 is 9.47 Å². The Morgan fingerprint density at radius 2 is 1.87 bits per heavy atom. The molecule has 0 aromatic rings. The van der Waals surface area contributed by atoms with E-state index in [1.54, 1.807) is 5.57 Å². The van der Waals surface area contributed by atoms with E-state index in [1.807, 2.05) is 7.11 Å². The number of rotatable bonds is 6. The van der Waals surface area contributed by atoms with Gasteiger partial charge in [-0.05, 0) is 91.4 Å². The van der Waals surface area contributed by atoms with E-state index in [-0.39, 0.29) is 5.60 Å². The van der Waals surface area contributed by atoms with Crippen molar-refractivity contribution in [3.63, 3.8) is 0 Å². The lowest BCUT2D eigenvalue weighted by molar-refractivity contribution is -0.0515. The zero-order chi connectivity index (χ0) is 22.2. The smallest absolute Gasteiger partial charge is 0.122 e. The van der Waals surface area contributed by atoms with Crippen LogP contribution in [0.2, 0.25) is 0 Å². The molecule has 1 saturated heterocycles. The molecular formula is C29H48O2. The molecule has 0 aromatic heterocycles. The minimum absolute atomic E-state index is 0.0864. The normalized spacial score (nSPS) is 50.1. The van der Waals surface area contributed by atoms with Crippen LogP contribution >= 0.6 is 0 Å². The van der Waals surface area contributed by atoms with Gasteiger partial charge in [-0.2, -0.15) is 0 Å². The summed E-state index contributed by atoms with van der Waals surface area (Å²) in [5, 5.41) is 0. The zero-order valence-corrected chi connectivity index (χ0v) is 21.4. The fourth-order valence-corrected chi connectivity index (χ4v) is 9.17. The number of ether oxygens (including phenoxy) is 2. The van der Waals surface area contributed by atoms with Crippen LogP contribution in [0.25, 0.3) is 0 Å². The summed E-state index contributed by atoms with van der Waals surface area (Å²) in [7, 11) is 1.90. The largest absolute Gasteiger partial charge is 0.381 e. The summed E-state index contributed by atoms with van der Waals surface area (Å²) < 4.78 is 12.6. The third-order valence-corrected chi connectivity index (χ3v) is 11.7. The van der Waals surface area contributed by atoms with Gasteiger partial charge in [0, 0.05) is 12.5 Å². The molecule has 5 aliphatic rings. The number of allylic oxidation sites excluding steroid dienone is 1. The minimum atomic E-state index is 0.0864. The lowest BCUT2D eigenvalue weighted by atomic mass is 9.47. The molecule has 2 nitrogen and oxygen atoms in total. The molecule has 5 rings (SSSR count). The summed E-state index contributed by atoms with van der Waals surface area (Å²) >= 11 is 0. The van der Waals surface area contributed by atoms with Crippen molar-refractivity contribution >= 4 is 0 Å². The quantitative estimate of drug-likeness (QED) is 0.324. The van der Waals surface area contributed by atoms with Gasteiger partial charge in [0.25, 0.3) is 0 Å². The predicted molar refractivity (Wildman–Crippen MR) is 128 cm³/mol. The number of hydrogen-bond donors (Lipinski definition) is 0. The van der Waals surface area contributed by atoms with Crippen molar-refractivity contribution in [1.29, 1.82) is 0 Å². The van der Waals surface area contributed by atoms with Crippen molar-refractivity contribution in [1.82, 2.24) is 0 Å². The molecule has 0 amide bonds. The highest BCUT2D eigenvalue weighted by Gasteiger charge is 2.77. The Kier molecular flexibility index (Phi) is 5.50. The molecule has 0 N–H and O–H groups in total. The van der Waals surface area contributed by atoms with Crippen molar-refractivity contribution < 1.29 is 9.47 Å². The standard InChI is InChI=1S/C29H48O2/c1-18(2)19(3)8-9-20(4)23-12-13-24-25-11-10-21-16-22(30-7)14-15-28(21,6)29(25)26(31-29)17-27(23,24)5/h11,18-24,26H,8-10,12-17H2,1-7H3. The number of fused-ring (bicyclic) bond motifs is 3. The molecule has 0 aromatic carbocycles. The molecule has 10 unspecified atom stereocenters. The van der Waals surface area contributed by atoms with Gasteiger partial charge in [0.1, 0.15) is 5.60 Å². The van der Waals surface area contributed by atoms with Crippen molar-refractivity contribution in [3.05, 3.63) is 11.6 Å². The molecule has 1 spiro atoms. The monoisotopic (exact) mass is 428 g/mol. The molecule has 2 heteroatoms. The van der Waals surface area contributed by atoms with Gasteiger partial charge in [0.05, 0.1) is 12.2 Å². The lowest BCUT2D eigenvalue weighted by Crippen LogP contribution is -2.56. The van der Waals surface area contributed by atoms with Crippen LogP contribution in [-0.2, 0) is 9.47 Å². The Hall–Kier alpha value is -0.340. The van der Waals surface area contributed by atoms with Crippen LogP contribution in [0.5, 0.6) is 0 Å². The lowest BCUT2D eigenvalue weighted by Gasteiger charge is -2.56. The molecule has 4 aliphatic carbocycles. The van der Waals surface area contributed by atoms with E-state index in [9.17, 15) is 0 Å². The van der Waals surface area contributed by atoms with Crippen LogP contribution in [0.15, 0.2) is 11.6 Å². The second-order valence-corrected chi connectivity index (χ2v) is 13.2. The SMILES string of the molecule is COC1CCC2(C)C(CC=C3C4CCC(C(C)CCC(C)C(C)C)C4(C)CC4OC342)C1. The Morgan fingerprint density at radius 3 is 2.58 bits per heavy atom. The Balaban J connectivity index is 1.37. The second kappa shape index (κ2) is 7.59. The van der Waals surface area contributed by atoms with Crippen molar-refractivity contribution in [2.75, 3.05) is 7.11 Å². The first-order valence-corrected chi connectivity index (χ1v) is 13.6. The third-order valence-electron chi connectivity index (χ3n) is 11.7. The van der Waals surface area contributed by atoms with Gasteiger partial charge >= 0.3 is 0 Å². The predicted octanol–water partition coefficient (Wildman–Crippen LogP) is 7.42. The number of epoxide rings is 1. The summed E-state index contributed by atoms with van der Waals surface area (Å²) in [6.07, 6.45) is 15.5. The van der Waals surface area contributed by atoms with Crippen LogP contribution in [0, 0.1) is 46.3 Å². The first kappa shape index (κ1) is 22.5. The fourth-order valence-electron chi connectivity index (χ4n) is 9.17. The zero-order valence-electron chi connectivity index (χ0n) is 21.4. The molecule has 0 bridgehead atoms. The van der Waals surface area contributed by atoms with E-state index < -0.39 is 0 Å². The number of hydrogen-bond acceptors (Lipinski definition) is 2. The molecule has 0 radical (unpaired) electrons. The first-order chi connectivity index (χ1) is 14.7. The van der Waals surface area contributed by atoms with Crippen LogP contribution in [-0.4, -0.2) is 24.9 Å². The van der Waals surface area contributed by atoms with Crippen molar-refractivity contribution in [3.8, 4) is 0 Å². The summed E-state index contributed by atoms with van der Waals surface area (Å²) in [5.41, 5.74) is 2.62. The molecule has 176 valence electrons. The van der Waals surface area contributed by atoms with Gasteiger partial charge in [-0.3, -0.25) is 0 Å². The molecule has 4 fully saturated rings. The average Bonchev–Trinajstić information content (AvgIpc) is 3.35. The summed E-state index contributed by atoms with van der Waals surface area (Å²) in [4.78, 5) is 0. The van der Waals surface area contributed by atoms with Crippen LogP contribution in [0.4, 0.5) is 0 Å². The van der Waals surface area contributed by atoms with Crippen LogP contribution in [0.1, 0.15) is 99.3 Å². The Labute approximate surface area is 191 Å². The third kappa shape index (κ3) is 3.09. The maximum atomic E-state index is 6.86. The molecule has 3 saturated carbocycles. The minimum Gasteiger partial charge on any atom is -0.381 e. The van der Waals surface area contributed by atoms with Crippen molar-refractivity contribution in [2.45, 2.75) is 117 Å². The highest BCUT2D eigenvalue weighted by molar-refractivity contribution is 5.43. The highest BCUT2D eigenvalue weighted by Crippen LogP contribution is 2.75. The highest BCUT2D eigenvalue weighted by atomic mass is 16.6. The maximum Gasteiger partial charge on any atom is 0.122 e. The van der Waals surface area contributed by atoms with Gasteiger partial charge in [-0.25, -0.2) is 0 Å². The van der Waals surface area contributed by atoms with E-state index in [0.717, 1.165) is 35.5 Å². The van der Waals surface area contributed by atoms with Crippen LogP contribution in [0.3, 0.4) is 0 Å². The molecule has 31 heavy (non-hydrogen) atoms. The van der Waals surface area contributed by atoms with Gasteiger partial charge in [0.15, 0.2) is 0 Å². The van der Waals surface area contributed by atoms with Crippen LogP contribution < -0.4 is 0 Å². The van der Waals surface area contributed by atoms with Gasteiger partial charge in [0.2, 0.25) is 0 Å². The second-order valence-electron chi connectivity index (χ2n) is 13.2. The topological polar surface area (TPSA) is 21.8 Å². The van der Waals surface area contributed by atoms with E-state index in [4.69, 9.17) is 9.47 Å². The first-order valence-electron chi connectivity index (χ1n) is 13.6. The summed E-state index contributed by atoms with van der Waals surface area (Å²) in [6, 6.07) is 0. The van der Waals surface area contributed by atoms with E-state index in [2.05, 4.69) is 47.6 Å².